The van der Waals surface area contributed by atoms with Crippen molar-refractivity contribution >= 4 is 43.4 Å². The smallest absolute Gasteiger partial charge is 0.256 e. The van der Waals surface area contributed by atoms with Gasteiger partial charge in [0.1, 0.15) is 0 Å². The largest absolute Gasteiger partial charge is 0.311 e. The molecule has 0 atom stereocenters. The predicted molar refractivity (Wildman–Crippen MR) is 123 cm³/mol. The van der Waals surface area contributed by atoms with Crippen LogP contribution in [0.5, 0.6) is 0 Å². The number of fused-ring (bicyclic) bond motifs is 3. The number of pyridine rings is 2. The molecule has 0 saturated carbocycles. The summed E-state index contributed by atoms with van der Waals surface area (Å²) in [5.41, 5.74) is 3.59. The van der Waals surface area contributed by atoms with Crippen molar-refractivity contribution in [3.63, 3.8) is 0 Å². The van der Waals surface area contributed by atoms with Crippen LogP contribution in [0.3, 0.4) is 0 Å². The molecule has 0 N–H and O–H groups in total. The summed E-state index contributed by atoms with van der Waals surface area (Å²) in [6.45, 7) is 2.03. The van der Waals surface area contributed by atoms with Crippen LogP contribution in [0.4, 0.5) is 0 Å². The topological polar surface area (TPSA) is 44.0 Å². The van der Waals surface area contributed by atoms with Gasteiger partial charge < -0.3 is 4.57 Å². The Morgan fingerprint density at radius 1 is 0.633 bits per heavy atom. The monoisotopic (exact) mass is 390 g/mol. The van der Waals surface area contributed by atoms with Crippen LogP contribution in [-0.2, 0) is 7.05 Å². The van der Waals surface area contributed by atoms with E-state index in [9.17, 15) is 9.59 Å². The molecule has 0 aliphatic heterocycles. The fraction of sp³-hybridized carbons (Fsp3) is 0.0769. The lowest BCUT2D eigenvalue weighted by Crippen LogP contribution is -2.19. The van der Waals surface area contributed by atoms with Crippen molar-refractivity contribution in [1.82, 2.24) is 9.13 Å². The number of aromatic nitrogens is 2. The van der Waals surface area contributed by atoms with Crippen LogP contribution >= 0.6 is 0 Å². The summed E-state index contributed by atoms with van der Waals surface area (Å²) in [5.74, 6) is 0. The van der Waals surface area contributed by atoms with E-state index >= 15 is 0 Å². The lowest BCUT2D eigenvalue weighted by molar-refractivity contribution is 0.909. The van der Waals surface area contributed by atoms with E-state index in [2.05, 4.69) is 0 Å². The Balaban J connectivity index is 1.96. The van der Waals surface area contributed by atoms with Crippen molar-refractivity contribution in [3.8, 4) is 5.69 Å². The highest BCUT2D eigenvalue weighted by molar-refractivity contribution is 6.32. The summed E-state index contributed by atoms with van der Waals surface area (Å²) in [5, 5.41) is 5.86. The second-order valence-corrected chi connectivity index (χ2v) is 7.92. The molecule has 2 aromatic heterocycles. The van der Waals surface area contributed by atoms with Crippen LogP contribution < -0.4 is 11.1 Å². The molecule has 2 heterocycles. The van der Waals surface area contributed by atoms with Gasteiger partial charge in [-0.15, -0.1) is 0 Å². The Labute approximate surface area is 171 Å². The lowest BCUT2D eigenvalue weighted by Gasteiger charge is -2.19. The quantitative estimate of drug-likeness (QED) is 0.296. The van der Waals surface area contributed by atoms with E-state index in [0.29, 0.717) is 0 Å². The fourth-order valence-corrected chi connectivity index (χ4v) is 4.72. The minimum absolute atomic E-state index is 0.0399. The predicted octanol–water partition coefficient (Wildman–Crippen LogP) is 4.90. The molecular weight excluding hydrogens is 372 g/mol. The molecule has 4 heteroatoms. The van der Waals surface area contributed by atoms with Gasteiger partial charge in [0.15, 0.2) is 0 Å². The maximum absolute atomic E-state index is 13.3. The van der Waals surface area contributed by atoms with Crippen LogP contribution in [0.25, 0.3) is 49.0 Å². The molecule has 0 aliphatic carbocycles. The number of hydrogen-bond acceptors (Lipinski definition) is 2. The zero-order chi connectivity index (χ0) is 20.6. The summed E-state index contributed by atoms with van der Waals surface area (Å²) in [4.78, 5) is 26.0. The van der Waals surface area contributed by atoms with E-state index in [4.69, 9.17) is 0 Å². The molecule has 0 aliphatic rings. The highest BCUT2D eigenvalue weighted by Crippen LogP contribution is 2.39. The summed E-state index contributed by atoms with van der Waals surface area (Å²) >= 11 is 0. The SMILES string of the molecule is Cc1ccc(-n2c(=O)cc3c4ccccc4c4cc(=O)n(C)c5ccc2c3c45)cc1. The number of aryl methyl sites for hydroxylation is 2. The maximum atomic E-state index is 13.3. The van der Waals surface area contributed by atoms with Crippen molar-refractivity contribution in [2.45, 2.75) is 6.92 Å². The second kappa shape index (κ2) is 5.80. The molecule has 4 aromatic carbocycles. The van der Waals surface area contributed by atoms with Gasteiger partial charge in [-0.2, -0.15) is 0 Å². The number of hydrogen-bond donors (Lipinski definition) is 0. The van der Waals surface area contributed by atoms with Gasteiger partial charge >= 0.3 is 0 Å². The molecular formula is C26H18N2O2. The molecule has 0 saturated heterocycles. The maximum Gasteiger partial charge on any atom is 0.256 e. The first-order chi connectivity index (χ1) is 14.5. The molecule has 6 aromatic rings. The summed E-state index contributed by atoms with van der Waals surface area (Å²) in [7, 11) is 1.80. The molecule has 0 spiro atoms. The van der Waals surface area contributed by atoms with Gasteiger partial charge in [0, 0.05) is 35.6 Å². The van der Waals surface area contributed by atoms with Crippen LogP contribution in [-0.4, -0.2) is 9.13 Å². The Kier molecular flexibility index (Phi) is 3.28. The van der Waals surface area contributed by atoms with E-state index in [1.165, 1.54) is 0 Å². The number of rotatable bonds is 1. The van der Waals surface area contributed by atoms with Crippen LogP contribution in [0.15, 0.2) is 82.4 Å². The zero-order valence-electron chi connectivity index (χ0n) is 16.6. The fourth-order valence-electron chi connectivity index (χ4n) is 4.72. The van der Waals surface area contributed by atoms with Gasteiger partial charge in [0.25, 0.3) is 11.1 Å². The Morgan fingerprint density at radius 2 is 1.20 bits per heavy atom. The van der Waals surface area contributed by atoms with E-state index in [-0.39, 0.29) is 11.1 Å². The van der Waals surface area contributed by atoms with E-state index in [0.717, 1.165) is 54.6 Å². The molecule has 0 bridgehead atoms. The molecule has 0 unspecified atom stereocenters. The Bertz CT molecular complexity index is 1740. The van der Waals surface area contributed by atoms with Gasteiger partial charge in [0.2, 0.25) is 0 Å². The van der Waals surface area contributed by atoms with Crippen LogP contribution in [0.1, 0.15) is 5.56 Å². The van der Waals surface area contributed by atoms with E-state index in [1.807, 2.05) is 67.6 Å². The highest BCUT2D eigenvalue weighted by Gasteiger charge is 2.18. The van der Waals surface area contributed by atoms with Crippen molar-refractivity contribution in [3.05, 3.63) is 99.1 Å². The van der Waals surface area contributed by atoms with Crippen molar-refractivity contribution in [1.29, 1.82) is 0 Å². The third-order valence-electron chi connectivity index (χ3n) is 6.19. The Hall–Kier alpha value is -3.92. The van der Waals surface area contributed by atoms with Gasteiger partial charge in [-0.3, -0.25) is 14.2 Å². The lowest BCUT2D eigenvalue weighted by atomic mass is 9.92. The summed E-state index contributed by atoms with van der Waals surface area (Å²) in [6, 6.07) is 23.3. The molecule has 4 nitrogen and oxygen atoms in total. The standard InChI is InChI=1S/C26H18N2O2/c1-15-7-9-16(10-8-15)28-22-12-11-21-25-19(13-23(29)27(21)2)17-5-3-4-6-18(17)20(26(22)25)14-24(28)30/h3-14H,1-2H3. The molecule has 30 heavy (non-hydrogen) atoms. The first-order valence-corrected chi connectivity index (χ1v) is 9.94. The first-order valence-electron chi connectivity index (χ1n) is 9.94. The van der Waals surface area contributed by atoms with Gasteiger partial charge in [-0.05, 0) is 52.7 Å². The van der Waals surface area contributed by atoms with E-state index < -0.39 is 0 Å². The highest BCUT2D eigenvalue weighted by atomic mass is 16.1. The minimum Gasteiger partial charge on any atom is -0.311 e. The number of benzene rings is 4. The zero-order valence-corrected chi connectivity index (χ0v) is 16.6. The van der Waals surface area contributed by atoms with Crippen LogP contribution in [0, 0.1) is 6.92 Å². The van der Waals surface area contributed by atoms with Gasteiger partial charge in [-0.1, -0.05) is 42.0 Å². The summed E-state index contributed by atoms with van der Waals surface area (Å²) < 4.78 is 3.44. The molecule has 144 valence electrons. The minimum atomic E-state index is -0.0659. The average Bonchev–Trinajstić information content (AvgIpc) is 2.76. The van der Waals surface area contributed by atoms with Crippen molar-refractivity contribution in [2.24, 2.45) is 7.05 Å². The average molecular weight is 390 g/mol. The van der Waals surface area contributed by atoms with Gasteiger partial charge in [-0.25, -0.2) is 0 Å². The summed E-state index contributed by atoms with van der Waals surface area (Å²) in [6.07, 6.45) is 0. The molecule has 6 rings (SSSR count). The normalized spacial score (nSPS) is 11.9. The third-order valence-corrected chi connectivity index (χ3v) is 6.19. The molecule has 0 radical (unpaired) electrons. The van der Waals surface area contributed by atoms with Gasteiger partial charge in [0.05, 0.1) is 11.0 Å². The Morgan fingerprint density at radius 3 is 1.87 bits per heavy atom. The van der Waals surface area contributed by atoms with E-state index in [1.54, 1.807) is 28.3 Å². The molecule has 0 fully saturated rings. The van der Waals surface area contributed by atoms with Crippen molar-refractivity contribution in [2.75, 3.05) is 0 Å². The number of nitrogens with zero attached hydrogens (tertiary/aromatic N) is 2. The van der Waals surface area contributed by atoms with Crippen molar-refractivity contribution < 1.29 is 0 Å². The third kappa shape index (κ3) is 2.10. The molecule has 0 amide bonds. The first kappa shape index (κ1) is 17.0. The van der Waals surface area contributed by atoms with Crippen LogP contribution in [0.2, 0.25) is 0 Å². The second-order valence-electron chi connectivity index (χ2n) is 7.92.